The molecule has 9 heteroatoms. The highest BCUT2D eigenvalue weighted by atomic mass is 32.2. The Morgan fingerprint density at radius 3 is 2.58 bits per heavy atom. The number of hydrogen-bond donors (Lipinski definition) is 2. The van der Waals surface area contributed by atoms with Crippen molar-refractivity contribution in [3.05, 3.63) is 51.5 Å². The number of aliphatic hydroxyl groups excluding tert-OH is 1. The molecule has 2 aromatic rings. The molecule has 0 amide bonds. The molecule has 192 valence electrons. The third kappa shape index (κ3) is 5.25. The smallest absolute Gasteiger partial charge is 0.181 e. The number of allylic oxidation sites excluding steroid dienone is 2. The van der Waals surface area contributed by atoms with E-state index < -0.39 is 22.0 Å². The van der Waals surface area contributed by atoms with Gasteiger partial charge in [-0.05, 0) is 74.1 Å². The molecular formula is C27H31NO6S2. The highest BCUT2D eigenvalue weighted by Gasteiger charge is 2.40. The number of Topliss-reactive ketones (excluding diaryl/α,β-unsaturated/α-hetero) is 2. The molecule has 3 aliphatic carbocycles. The molecule has 36 heavy (non-hydrogen) atoms. The number of nitrogens with zero attached hydrogens (tertiary/aromatic N) is 1. The van der Waals surface area contributed by atoms with Crippen molar-refractivity contribution < 1.29 is 28.2 Å². The monoisotopic (exact) mass is 529 g/mol. The molecule has 0 saturated heterocycles. The molecule has 3 aliphatic rings. The second-order valence-electron chi connectivity index (χ2n) is 10.6. The standard InChI is InChI=1S/C27H31NO6S2/c1-27(32,15-29)25-14-35-26(28-25)13-23(31)21(11-16-2-6-19(30)10-16)18-5-9-24(22(12-18)17-3-4-17)36(33,34)20-7-8-20/h5,9,11-12,14,16-17,20,29,32H,2-4,6-8,10,13,15H2,1H3/b21-11+/t16-,27?/m0/s1. The lowest BCUT2D eigenvalue weighted by Gasteiger charge is -2.17. The second-order valence-corrected chi connectivity index (χ2v) is 13.7. The third-order valence-corrected chi connectivity index (χ3v) is 10.5. The predicted molar refractivity (Wildman–Crippen MR) is 136 cm³/mol. The van der Waals surface area contributed by atoms with E-state index in [9.17, 15) is 28.2 Å². The molecule has 3 fully saturated rings. The van der Waals surface area contributed by atoms with Gasteiger partial charge in [0.25, 0.3) is 0 Å². The van der Waals surface area contributed by atoms with Gasteiger partial charge in [0, 0.05) is 23.8 Å². The minimum Gasteiger partial charge on any atom is -0.393 e. The summed E-state index contributed by atoms with van der Waals surface area (Å²) in [6, 6.07) is 5.26. The molecule has 0 bridgehead atoms. The zero-order valence-electron chi connectivity index (χ0n) is 20.3. The second kappa shape index (κ2) is 9.59. The molecule has 0 radical (unpaired) electrons. The van der Waals surface area contributed by atoms with E-state index in [1.807, 2.05) is 12.1 Å². The van der Waals surface area contributed by atoms with Crippen LogP contribution in [0.1, 0.15) is 79.6 Å². The first-order valence-electron chi connectivity index (χ1n) is 12.5. The van der Waals surface area contributed by atoms with Gasteiger partial charge in [-0.25, -0.2) is 13.4 Å². The molecule has 0 aliphatic heterocycles. The number of carbonyl (C=O) groups is 2. The number of aromatic nitrogens is 1. The summed E-state index contributed by atoms with van der Waals surface area (Å²) in [6.07, 6.45) is 6.77. The minimum absolute atomic E-state index is 0.0135. The van der Waals surface area contributed by atoms with Crippen molar-refractivity contribution in [2.75, 3.05) is 6.61 Å². The number of aliphatic hydroxyl groups is 2. The van der Waals surface area contributed by atoms with Gasteiger partial charge in [0.15, 0.2) is 15.6 Å². The molecule has 2 atom stereocenters. The Bertz CT molecular complexity index is 1330. The van der Waals surface area contributed by atoms with E-state index in [4.69, 9.17) is 0 Å². The Hall–Kier alpha value is -2.20. The quantitative estimate of drug-likeness (QED) is 0.450. The van der Waals surface area contributed by atoms with Gasteiger partial charge >= 0.3 is 0 Å². The molecule has 1 aromatic heterocycles. The van der Waals surface area contributed by atoms with E-state index in [0.717, 1.165) is 18.4 Å². The fourth-order valence-electron chi connectivity index (χ4n) is 4.77. The SMILES string of the molecule is CC(O)(CO)c1csc(CC(=O)/C(=C/[C@H]2CCC(=O)C2)c2ccc(S(=O)(=O)C3CC3)c(C3CC3)c2)n1. The average Bonchev–Trinajstić information content (AvgIpc) is 3.78. The number of hydrogen-bond acceptors (Lipinski definition) is 8. The molecular weight excluding hydrogens is 498 g/mol. The van der Waals surface area contributed by atoms with Gasteiger partial charge in [-0.1, -0.05) is 12.1 Å². The summed E-state index contributed by atoms with van der Waals surface area (Å²) in [7, 11) is -3.36. The first kappa shape index (κ1) is 25.4. The van der Waals surface area contributed by atoms with E-state index in [1.54, 1.807) is 17.5 Å². The maximum Gasteiger partial charge on any atom is 0.181 e. The van der Waals surface area contributed by atoms with Gasteiger partial charge in [0.1, 0.15) is 16.4 Å². The van der Waals surface area contributed by atoms with Crippen molar-refractivity contribution in [2.45, 2.75) is 80.0 Å². The molecule has 2 N–H and O–H groups in total. The van der Waals surface area contributed by atoms with Crippen LogP contribution in [0.25, 0.3) is 5.57 Å². The van der Waals surface area contributed by atoms with E-state index in [-0.39, 0.29) is 35.1 Å². The maximum absolute atomic E-state index is 13.6. The lowest BCUT2D eigenvalue weighted by atomic mass is 9.92. The Morgan fingerprint density at radius 2 is 1.97 bits per heavy atom. The van der Waals surface area contributed by atoms with Crippen LogP contribution in [-0.2, 0) is 31.4 Å². The summed E-state index contributed by atoms with van der Waals surface area (Å²) in [4.78, 5) is 30.3. The molecule has 0 spiro atoms. The summed E-state index contributed by atoms with van der Waals surface area (Å²) in [5.41, 5.74) is 0.794. The van der Waals surface area contributed by atoms with Crippen LogP contribution in [0.2, 0.25) is 0 Å². The number of ketones is 2. The van der Waals surface area contributed by atoms with Crippen LogP contribution in [0.15, 0.2) is 34.6 Å². The largest absolute Gasteiger partial charge is 0.393 e. The molecule has 1 aromatic carbocycles. The van der Waals surface area contributed by atoms with Crippen LogP contribution in [0.5, 0.6) is 0 Å². The molecule has 5 rings (SSSR count). The highest BCUT2D eigenvalue weighted by molar-refractivity contribution is 7.92. The lowest BCUT2D eigenvalue weighted by Crippen LogP contribution is -2.26. The molecule has 1 heterocycles. The van der Waals surface area contributed by atoms with Crippen molar-refractivity contribution in [3.8, 4) is 0 Å². The Labute approximate surface area is 215 Å². The van der Waals surface area contributed by atoms with Crippen molar-refractivity contribution in [1.29, 1.82) is 0 Å². The number of benzene rings is 1. The Kier molecular flexibility index (Phi) is 6.78. The van der Waals surface area contributed by atoms with Gasteiger partial charge in [-0.15, -0.1) is 11.3 Å². The van der Waals surface area contributed by atoms with Crippen LogP contribution in [0.3, 0.4) is 0 Å². The van der Waals surface area contributed by atoms with Crippen molar-refractivity contribution in [1.82, 2.24) is 4.98 Å². The molecule has 7 nitrogen and oxygen atoms in total. The molecule has 3 saturated carbocycles. The third-order valence-electron chi connectivity index (χ3n) is 7.32. The van der Waals surface area contributed by atoms with Gasteiger partial charge in [-0.3, -0.25) is 9.59 Å². The maximum atomic E-state index is 13.6. The first-order valence-corrected chi connectivity index (χ1v) is 14.9. The van der Waals surface area contributed by atoms with Crippen molar-refractivity contribution >= 4 is 38.3 Å². The molecule has 1 unspecified atom stereocenters. The van der Waals surface area contributed by atoms with Crippen LogP contribution in [0.4, 0.5) is 0 Å². The minimum atomic E-state index is -3.36. The Balaban J connectivity index is 1.49. The number of thiazole rings is 1. The zero-order chi connectivity index (χ0) is 25.7. The van der Waals surface area contributed by atoms with Crippen LogP contribution in [-0.4, -0.2) is 47.0 Å². The van der Waals surface area contributed by atoms with Crippen LogP contribution in [0, 0.1) is 5.92 Å². The van der Waals surface area contributed by atoms with E-state index in [1.165, 1.54) is 18.3 Å². The lowest BCUT2D eigenvalue weighted by molar-refractivity contribution is -0.117. The first-order chi connectivity index (χ1) is 17.1. The topological polar surface area (TPSA) is 122 Å². The van der Waals surface area contributed by atoms with Gasteiger partial charge in [0.2, 0.25) is 0 Å². The van der Waals surface area contributed by atoms with E-state index in [0.29, 0.717) is 58.8 Å². The number of carbonyl (C=O) groups excluding carboxylic acids is 2. The normalized spacial score (nSPS) is 22.6. The average molecular weight is 530 g/mol. The van der Waals surface area contributed by atoms with Gasteiger partial charge < -0.3 is 10.2 Å². The van der Waals surface area contributed by atoms with Crippen LogP contribution < -0.4 is 0 Å². The van der Waals surface area contributed by atoms with E-state index >= 15 is 0 Å². The fraction of sp³-hybridized carbons (Fsp3) is 0.519. The summed E-state index contributed by atoms with van der Waals surface area (Å²) in [5, 5.41) is 21.6. The summed E-state index contributed by atoms with van der Waals surface area (Å²) in [6.45, 7) is 0.984. The summed E-state index contributed by atoms with van der Waals surface area (Å²) < 4.78 is 26.1. The van der Waals surface area contributed by atoms with Gasteiger partial charge in [0.05, 0.1) is 28.9 Å². The Morgan fingerprint density at radius 1 is 1.22 bits per heavy atom. The summed E-state index contributed by atoms with van der Waals surface area (Å²) >= 11 is 1.25. The highest BCUT2D eigenvalue weighted by Crippen LogP contribution is 2.46. The summed E-state index contributed by atoms with van der Waals surface area (Å²) in [5.74, 6) is 0.180. The fourth-order valence-corrected chi connectivity index (χ4v) is 7.62. The predicted octanol–water partition coefficient (Wildman–Crippen LogP) is 3.72. The zero-order valence-corrected chi connectivity index (χ0v) is 21.9. The van der Waals surface area contributed by atoms with Crippen molar-refractivity contribution in [2.24, 2.45) is 5.92 Å². The van der Waals surface area contributed by atoms with Gasteiger partial charge in [-0.2, -0.15) is 0 Å². The number of rotatable bonds is 10. The van der Waals surface area contributed by atoms with Crippen molar-refractivity contribution in [3.63, 3.8) is 0 Å². The number of sulfone groups is 1. The van der Waals surface area contributed by atoms with Crippen LogP contribution >= 0.6 is 11.3 Å². The van der Waals surface area contributed by atoms with E-state index in [2.05, 4.69) is 4.98 Å².